The number of para-hydroxylation sites is 1. The molecular formula is C35H46N8O4. The number of ether oxygens (including phenoxy) is 1. The average Bonchev–Trinajstić information content (AvgIpc) is 3.52. The van der Waals surface area contributed by atoms with Crippen molar-refractivity contribution in [2.75, 3.05) is 64.2 Å². The summed E-state index contributed by atoms with van der Waals surface area (Å²) in [5.41, 5.74) is 4.79. The highest BCUT2D eigenvalue weighted by atomic mass is 16.6. The number of carbonyl (C=O) groups is 3. The van der Waals surface area contributed by atoms with Gasteiger partial charge in [-0.1, -0.05) is 24.3 Å². The van der Waals surface area contributed by atoms with Crippen molar-refractivity contribution in [1.82, 2.24) is 34.3 Å². The smallest absolute Gasteiger partial charge is 0.410 e. The van der Waals surface area contributed by atoms with Gasteiger partial charge < -0.3 is 34.5 Å². The van der Waals surface area contributed by atoms with Crippen LogP contribution in [-0.4, -0.2) is 124 Å². The summed E-state index contributed by atoms with van der Waals surface area (Å²) in [5.74, 6) is -0.129. The highest BCUT2D eigenvalue weighted by Crippen LogP contribution is 2.26. The lowest BCUT2D eigenvalue weighted by molar-refractivity contribution is -0.142. The Hall–Kier alpha value is -4.16. The van der Waals surface area contributed by atoms with Crippen LogP contribution in [0.3, 0.4) is 0 Å². The SMILES string of the molecule is Cc1cc(CC(OC(=O)N2CCC(N3CCc4ccccc4NC3=O)CC2)C(=O)N2CCC(N3CCNCC3)CC2)cn2ccnc12. The molecule has 7 rings (SSSR count). The van der Waals surface area contributed by atoms with Crippen LogP contribution in [0.4, 0.5) is 15.3 Å². The molecule has 0 saturated carbocycles. The summed E-state index contributed by atoms with van der Waals surface area (Å²) in [6, 6.07) is 10.4. The lowest BCUT2D eigenvalue weighted by atomic mass is 10.0. The Bertz CT molecular complexity index is 1590. The summed E-state index contributed by atoms with van der Waals surface area (Å²) in [6.07, 6.45) is 8.48. The third-order valence-electron chi connectivity index (χ3n) is 10.4. The number of carbonyl (C=O) groups excluding carboxylic acids is 3. The fourth-order valence-electron chi connectivity index (χ4n) is 7.78. The summed E-state index contributed by atoms with van der Waals surface area (Å²) in [7, 11) is 0. The number of aryl methyl sites for hydroxylation is 1. The topological polar surface area (TPSA) is 115 Å². The Morgan fingerprint density at radius 3 is 2.47 bits per heavy atom. The number of benzene rings is 1. The number of aromatic nitrogens is 2. The van der Waals surface area contributed by atoms with Gasteiger partial charge in [0.1, 0.15) is 5.65 Å². The van der Waals surface area contributed by atoms with E-state index < -0.39 is 12.2 Å². The van der Waals surface area contributed by atoms with E-state index in [0.717, 1.165) is 73.5 Å². The predicted octanol–water partition coefficient (Wildman–Crippen LogP) is 3.14. The minimum absolute atomic E-state index is 0.0349. The molecule has 4 aliphatic heterocycles. The van der Waals surface area contributed by atoms with E-state index in [1.165, 1.54) is 0 Å². The number of piperazine rings is 1. The Kier molecular flexibility index (Phi) is 9.30. The van der Waals surface area contributed by atoms with Crippen molar-refractivity contribution in [2.24, 2.45) is 0 Å². The monoisotopic (exact) mass is 642 g/mol. The third-order valence-corrected chi connectivity index (χ3v) is 10.4. The van der Waals surface area contributed by atoms with Gasteiger partial charge in [0.15, 0.2) is 6.10 Å². The highest BCUT2D eigenvalue weighted by Gasteiger charge is 2.36. The second kappa shape index (κ2) is 13.9. The molecule has 12 heteroatoms. The number of fused-ring (bicyclic) bond motifs is 2. The molecule has 0 bridgehead atoms. The van der Waals surface area contributed by atoms with Gasteiger partial charge in [-0.15, -0.1) is 0 Å². The van der Waals surface area contributed by atoms with Gasteiger partial charge >= 0.3 is 12.1 Å². The van der Waals surface area contributed by atoms with Crippen LogP contribution >= 0.6 is 0 Å². The van der Waals surface area contributed by atoms with Crippen molar-refractivity contribution in [3.8, 4) is 0 Å². The minimum atomic E-state index is -0.925. The van der Waals surface area contributed by atoms with E-state index in [-0.39, 0.29) is 18.0 Å². The molecule has 6 heterocycles. The molecular weight excluding hydrogens is 596 g/mol. The lowest BCUT2D eigenvalue weighted by Crippen LogP contribution is -2.54. The second-order valence-corrected chi connectivity index (χ2v) is 13.4. The van der Waals surface area contributed by atoms with Crippen LogP contribution in [0, 0.1) is 6.92 Å². The van der Waals surface area contributed by atoms with E-state index in [0.29, 0.717) is 58.0 Å². The van der Waals surface area contributed by atoms with Crippen molar-refractivity contribution in [2.45, 2.75) is 63.6 Å². The number of hydrogen-bond donors (Lipinski definition) is 2. The van der Waals surface area contributed by atoms with Crippen LogP contribution in [0.5, 0.6) is 0 Å². The largest absolute Gasteiger partial charge is 0.436 e. The molecule has 1 unspecified atom stereocenters. The summed E-state index contributed by atoms with van der Waals surface area (Å²) < 4.78 is 8.06. The molecule has 12 nitrogen and oxygen atoms in total. The van der Waals surface area contributed by atoms with Crippen LogP contribution in [-0.2, 0) is 22.4 Å². The molecule has 3 fully saturated rings. The van der Waals surface area contributed by atoms with E-state index in [4.69, 9.17) is 4.74 Å². The number of imidazole rings is 1. The number of nitrogens with one attached hydrogen (secondary N) is 2. The molecule has 3 aromatic rings. The standard InChI is InChI=1S/C35H46N8O4/c1-25-22-26(24-42-21-13-37-32(25)42)23-31(33(44)40-14-7-28(8-15-40)39-19-11-36-12-20-39)47-35(46)41-16-9-29(10-17-41)43-18-6-27-4-2-3-5-30(27)38-34(43)45/h2-5,13,21-22,24,28-29,31,36H,6-12,14-20,23H2,1H3,(H,38,45). The number of nitrogens with zero attached hydrogens (tertiary/aromatic N) is 6. The first kappa shape index (κ1) is 31.4. The van der Waals surface area contributed by atoms with Gasteiger partial charge in [-0.2, -0.15) is 0 Å². The first-order valence-corrected chi connectivity index (χ1v) is 17.2. The number of urea groups is 1. The molecule has 2 aromatic heterocycles. The molecule has 4 amide bonds. The maximum atomic E-state index is 14.1. The number of rotatable bonds is 6. The molecule has 4 aliphatic rings. The van der Waals surface area contributed by atoms with Gasteiger partial charge in [0, 0.05) is 102 Å². The quantitative estimate of drug-likeness (QED) is 0.425. The fourth-order valence-corrected chi connectivity index (χ4v) is 7.78. The van der Waals surface area contributed by atoms with E-state index >= 15 is 0 Å². The van der Waals surface area contributed by atoms with Gasteiger partial charge in [0.2, 0.25) is 0 Å². The fraction of sp³-hybridized carbons (Fsp3) is 0.543. The van der Waals surface area contributed by atoms with Crippen molar-refractivity contribution < 1.29 is 19.1 Å². The zero-order valence-electron chi connectivity index (χ0n) is 27.3. The first-order valence-electron chi connectivity index (χ1n) is 17.2. The van der Waals surface area contributed by atoms with Crippen LogP contribution in [0.2, 0.25) is 0 Å². The molecule has 0 radical (unpaired) electrons. The van der Waals surface area contributed by atoms with E-state index in [9.17, 15) is 14.4 Å². The van der Waals surface area contributed by atoms with E-state index in [1.54, 1.807) is 11.1 Å². The number of amides is 4. The van der Waals surface area contributed by atoms with E-state index in [2.05, 4.69) is 26.6 Å². The Labute approximate surface area is 276 Å². The zero-order chi connectivity index (χ0) is 32.3. The molecule has 0 spiro atoms. The summed E-state index contributed by atoms with van der Waals surface area (Å²) in [4.78, 5) is 53.3. The Balaban J connectivity index is 1.00. The zero-order valence-corrected chi connectivity index (χ0v) is 27.3. The molecule has 1 atom stereocenters. The van der Waals surface area contributed by atoms with Crippen molar-refractivity contribution in [3.63, 3.8) is 0 Å². The van der Waals surface area contributed by atoms with Crippen molar-refractivity contribution in [1.29, 1.82) is 0 Å². The number of hydrogen-bond acceptors (Lipinski definition) is 7. The molecule has 250 valence electrons. The normalized spacial score (nSPS) is 20.9. The Morgan fingerprint density at radius 1 is 0.957 bits per heavy atom. The maximum Gasteiger partial charge on any atom is 0.410 e. The van der Waals surface area contributed by atoms with Crippen LogP contribution in [0.25, 0.3) is 5.65 Å². The molecule has 1 aromatic carbocycles. The number of likely N-dealkylation sites (tertiary alicyclic amines) is 2. The number of pyridine rings is 1. The minimum Gasteiger partial charge on any atom is -0.436 e. The van der Waals surface area contributed by atoms with Crippen LogP contribution < -0.4 is 10.6 Å². The first-order chi connectivity index (χ1) is 22.9. The van der Waals surface area contributed by atoms with Crippen LogP contribution in [0.15, 0.2) is 48.9 Å². The van der Waals surface area contributed by atoms with Crippen LogP contribution in [0.1, 0.15) is 42.4 Å². The van der Waals surface area contributed by atoms with E-state index in [1.807, 2.05) is 57.8 Å². The van der Waals surface area contributed by atoms with Crippen molar-refractivity contribution >= 4 is 29.4 Å². The third kappa shape index (κ3) is 6.94. The van der Waals surface area contributed by atoms with Gasteiger partial charge in [-0.05, 0) is 61.8 Å². The predicted molar refractivity (Wildman–Crippen MR) is 178 cm³/mol. The Morgan fingerprint density at radius 2 is 1.68 bits per heavy atom. The molecule has 3 saturated heterocycles. The van der Waals surface area contributed by atoms with Gasteiger partial charge in [0.05, 0.1) is 0 Å². The maximum absolute atomic E-state index is 14.1. The number of anilines is 1. The van der Waals surface area contributed by atoms with Gasteiger partial charge in [-0.25, -0.2) is 14.6 Å². The molecule has 2 N–H and O–H groups in total. The summed E-state index contributed by atoms with van der Waals surface area (Å²) in [5, 5.41) is 6.48. The second-order valence-electron chi connectivity index (χ2n) is 13.4. The average molecular weight is 643 g/mol. The van der Waals surface area contributed by atoms with Gasteiger partial charge in [-0.3, -0.25) is 9.69 Å². The number of piperidine rings is 2. The van der Waals surface area contributed by atoms with Crippen molar-refractivity contribution in [3.05, 3.63) is 65.6 Å². The summed E-state index contributed by atoms with van der Waals surface area (Å²) >= 11 is 0. The molecule has 0 aliphatic carbocycles. The summed E-state index contributed by atoms with van der Waals surface area (Å²) in [6.45, 7) is 9.01. The lowest BCUT2D eigenvalue weighted by Gasteiger charge is -2.41. The molecule has 47 heavy (non-hydrogen) atoms. The van der Waals surface area contributed by atoms with Gasteiger partial charge in [0.25, 0.3) is 5.91 Å². The highest BCUT2D eigenvalue weighted by molar-refractivity contribution is 5.91.